The molecule has 1 aliphatic rings. The van der Waals surface area contributed by atoms with Gasteiger partial charge in [-0.15, -0.1) is 0 Å². The van der Waals surface area contributed by atoms with Crippen LogP contribution in [0.2, 0.25) is 0 Å². The monoisotopic (exact) mass is 235 g/mol. The van der Waals surface area contributed by atoms with Gasteiger partial charge in [-0.2, -0.15) is 5.10 Å². The Labute approximate surface area is 105 Å². The minimum absolute atomic E-state index is 0.584. The van der Waals surface area contributed by atoms with Gasteiger partial charge in [0.2, 0.25) is 0 Å². The summed E-state index contributed by atoms with van der Waals surface area (Å²) in [5, 5.41) is 7.92. The van der Waals surface area contributed by atoms with Crippen molar-refractivity contribution in [1.29, 1.82) is 0 Å². The Bertz CT molecular complexity index is 337. The SMILES string of the molecule is CCn1cc(CNCC2(CC)CCCC2)cn1. The van der Waals surface area contributed by atoms with Crippen LogP contribution in [-0.2, 0) is 13.1 Å². The van der Waals surface area contributed by atoms with E-state index in [0.717, 1.165) is 13.1 Å². The maximum absolute atomic E-state index is 4.30. The van der Waals surface area contributed by atoms with Crippen LogP contribution in [0.25, 0.3) is 0 Å². The van der Waals surface area contributed by atoms with Gasteiger partial charge in [-0.3, -0.25) is 4.68 Å². The van der Waals surface area contributed by atoms with Crippen LogP contribution < -0.4 is 5.32 Å². The molecule has 1 aliphatic carbocycles. The number of hydrogen-bond donors (Lipinski definition) is 1. The van der Waals surface area contributed by atoms with Crippen molar-refractivity contribution >= 4 is 0 Å². The second kappa shape index (κ2) is 5.67. The Morgan fingerprint density at radius 1 is 1.35 bits per heavy atom. The molecule has 0 unspecified atom stereocenters. The highest BCUT2D eigenvalue weighted by Gasteiger charge is 2.31. The van der Waals surface area contributed by atoms with Gasteiger partial charge in [-0.1, -0.05) is 19.8 Å². The summed E-state index contributed by atoms with van der Waals surface area (Å²) in [5.74, 6) is 0. The van der Waals surface area contributed by atoms with E-state index in [1.807, 2.05) is 10.9 Å². The number of hydrogen-bond acceptors (Lipinski definition) is 2. The van der Waals surface area contributed by atoms with Crippen LogP contribution in [0, 0.1) is 5.41 Å². The zero-order valence-corrected chi connectivity index (χ0v) is 11.2. The third kappa shape index (κ3) is 3.09. The summed E-state index contributed by atoms with van der Waals surface area (Å²) >= 11 is 0. The van der Waals surface area contributed by atoms with E-state index in [2.05, 4.69) is 30.5 Å². The number of aryl methyl sites for hydroxylation is 1. The van der Waals surface area contributed by atoms with Crippen molar-refractivity contribution in [3.05, 3.63) is 18.0 Å². The summed E-state index contributed by atoms with van der Waals surface area (Å²) < 4.78 is 1.99. The lowest BCUT2D eigenvalue weighted by Crippen LogP contribution is -2.31. The highest BCUT2D eigenvalue weighted by Crippen LogP contribution is 2.40. The summed E-state index contributed by atoms with van der Waals surface area (Å²) in [5.41, 5.74) is 1.89. The minimum Gasteiger partial charge on any atom is -0.312 e. The molecule has 3 nitrogen and oxygen atoms in total. The summed E-state index contributed by atoms with van der Waals surface area (Å²) in [6.07, 6.45) is 11.1. The van der Waals surface area contributed by atoms with Crippen LogP contribution in [0.15, 0.2) is 12.4 Å². The Hall–Kier alpha value is -0.830. The molecule has 0 bridgehead atoms. The highest BCUT2D eigenvalue weighted by molar-refractivity contribution is 5.03. The van der Waals surface area contributed by atoms with E-state index in [1.54, 1.807) is 0 Å². The summed E-state index contributed by atoms with van der Waals surface area (Å²) in [7, 11) is 0. The molecular formula is C14H25N3. The topological polar surface area (TPSA) is 29.9 Å². The molecule has 1 aromatic rings. The van der Waals surface area contributed by atoms with Gasteiger partial charge in [0.1, 0.15) is 0 Å². The average molecular weight is 235 g/mol. The molecule has 0 amide bonds. The molecule has 0 aliphatic heterocycles. The molecule has 0 atom stereocenters. The first kappa shape index (κ1) is 12.6. The molecule has 1 saturated carbocycles. The van der Waals surface area contributed by atoms with Gasteiger partial charge in [-0.05, 0) is 31.6 Å². The summed E-state index contributed by atoms with van der Waals surface area (Å²) in [4.78, 5) is 0. The van der Waals surface area contributed by atoms with Crippen molar-refractivity contribution in [1.82, 2.24) is 15.1 Å². The molecule has 96 valence electrons. The zero-order valence-electron chi connectivity index (χ0n) is 11.2. The predicted octanol–water partition coefficient (Wildman–Crippen LogP) is 2.96. The van der Waals surface area contributed by atoms with Gasteiger partial charge in [0.15, 0.2) is 0 Å². The zero-order chi connectivity index (χ0) is 12.1. The van der Waals surface area contributed by atoms with E-state index < -0.39 is 0 Å². The molecular weight excluding hydrogens is 210 g/mol. The fourth-order valence-electron chi connectivity index (χ4n) is 2.92. The van der Waals surface area contributed by atoms with Crippen LogP contribution in [-0.4, -0.2) is 16.3 Å². The van der Waals surface area contributed by atoms with Gasteiger partial charge in [0.25, 0.3) is 0 Å². The maximum Gasteiger partial charge on any atom is 0.0534 e. The molecule has 2 rings (SSSR count). The van der Waals surface area contributed by atoms with E-state index in [9.17, 15) is 0 Å². The lowest BCUT2D eigenvalue weighted by molar-refractivity contribution is 0.268. The fourth-order valence-corrected chi connectivity index (χ4v) is 2.92. The van der Waals surface area contributed by atoms with Crippen molar-refractivity contribution in [2.75, 3.05) is 6.54 Å². The Morgan fingerprint density at radius 3 is 2.71 bits per heavy atom. The van der Waals surface area contributed by atoms with Crippen LogP contribution in [0.1, 0.15) is 51.5 Å². The van der Waals surface area contributed by atoms with E-state index in [0.29, 0.717) is 5.41 Å². The molecule has 1 N–H and O–H groups in total. The molecule has 1 fully saturated rings. The Kier molecular flexibility index (Phi) is 4.21. The molecule has 0 radical (unpaired) electrons. The number of rotatable bonds is 6. The van der Waals surface area contributed by atoms with E-state index in [1.165, 1.54) is 44.2 Å². The predicted molar refractivity (Wildman–Crippen MR) is 70.8 cm³/mol. The Morgan fingerprint density at radius 2 is 2.12 bits per heavy atom. The number of nitrogens with zero attached hydrogens (tertiary/aromatic N) is 2. The van der Waals surface area contributed by atoms with Crippen LogP contribution in [0.3, 0.4) is 0 Å². The van der Waals surface area contributed by atoms with E-state index in [4.69, 9.17) is 0 Å². The molecule has 1 heterocycles. The van der Waals surface area contributed by atoms with Crippen molar-refractivity contribution in [2.24, 2.45) is 5.41 Å². The van der Waals surface area contributed by atoms with Crippen LogP contribution >= 0.6 is 0 Å². The first-order valence-corrected chi connectivity index (χ1v) is 7.00. The smallest absolute Gasteiger partial charge is 0.0534 e. The van der Waals surface area contributed by atoms with Crippen molar-refractivity contribution in [2.45, 2.75) is 59.0 Å². The van der Waals surface area contributed by atoms with E-state index >= 15 is 0 Å². The van der Waals surface area contributed by atoms with Crippen molar-refractivity contribution < 1.29 is 0 Å². The number of aromatic nitrogens is 2. The first-order chi connectivity index (χ1) is 8.28. The third-order valence-corrected chi connectivity index (χ3v) is 4.25. The highest BCUT2D eigenvalue weighted by atomic mass is 15.3. The number of nitrogens with one attached hydrogen (secondary N) is 1. The standard InChI is InChI=1S/C14H25N3/c1-3-14(7-5-6-8-14)12-15-9-13-10-16-17(4-2)11-13/h10-11,15H,3-9,12H2,1-2H3. The summed E-state index contributed by atoms with van der Waals surface area (Å²) in [6, 6.07) is 0. The fraction of sp³-hybridized carbons (Fsp3) is 0.786. The lowest BCUT2D eigenvalue weighted by atomic mass is 9.83. The average Bonchev–Trinajstić information content (AvgIpc) is 2.98. The molecule has 1 aromatic heterocycles. The second-order valence-electron chi connectivity index (χ2n) is 5.37. The van der Waals surface area contributed by atoms with Gasteiger partial charge >= 0.3 is 0 Å². The molecule has 3 heteroatoms. The molecule has 0 spiro atoms. The van der Waals surface area contributed by atoms with Crippen LogP contribution in [0.5, 0.6) is 0 Å². The molecule has 0 saturated heterocycles. The minimum atomic E-state index is 0.584. The molecule has 0 aromatic carbocycles. The van der Waals surface area contributed by atoms with Crippen LogP contribution in [0.4, 0.5) is 0 Å². The largest absolute Gasteiger partial charge is 0.312 e. The van der Waals surface area contributed by atoms with Gasteiger partial charge in [0, 0.05) is 31.4 Å². The maximum atomic E-state index is 4.30. The summed E-state index contributed by atoms with van der Waals surface area (Å²) in [6.45, 7) is 7.54. The lowest BCUT2D eigenvalue weighted by Gasteiger charge is -2.27. The van der Waals surface area contributed by atoms with Gasteiger partial charge in [-0.25, -0.2) is 0 Å². The quantitative estimate of drug-likeness (QED) is 0.821. The second-order valence-corrected chi connectivity index (χ2v) is 5.37. The molecule has 17 heavy (non-hydrogen) atoms. The van der Waals surface area contributed by atoms with E-state index in [-0.39, 0.29) is 0 Å². The van der Waals surface area contributed by atoms with Gasteiger partial charge < -0.3 is 5.32 Å². The van der Waals surface area contributed by atoms with Gasteiger partial charge in [0.05, 0.1) is 6.20 Å². The van der Waals surface area contributed by atoms with Crippen molar-refractivity contribution in [3.8, 4) is 0 Å². The third-order valence-electron chi connectivity index (χ3n) is 4.25. The normalized spacial score (nSPS) is 18.7. The first-order valence-electron chi connectivity index (χ1n) is 7.00. The Balaban J connectivity index is 1.78. The van der Waals surface area contributed by atoms with Crippen molar-refractivity contribution in [3.63, 3.8) is 0 Å².